The van der Waals surface area contributed by atoms with Gasteiger partial charge < -0.3 is 5.32 Å². The summed E-state index contributed by atoms with van der Waals surface area (Å²) in [5, 5.41) is 2.76. The second-order valence-corrected chi connectivity index (χ2v) is 4.28. The molecule has 1 amide bonds. The molecule has 3 nitrogen and oxygen atoms in total. The zero-order chi connectivity index (χ0) is 11.1. The Balaban J connectivity index is 2.34. The Morgan fingerprint density at radius 1 is 1.47 bits per heavy atom. The fraction of sp³-hybridized carbons (Fsp3) is 0.455. The summed E-state index contributed by atoms with van der Waals surface area (Å²) in [6, 6.07) is 3.64. The molecule has 0 aliphatic carbocycles. The third-order valence-electron chi connectivity index (χ3n) is 2.00. The van der Waals surface area contributed by atoms with E-state index in [1.807, 2.05) is 6.07 Å². The van der Waals surface area contributed by atoms with Crippen LogP contribution in [-0.2, 0) is 4.79 Å². The van der Waals surface area contributed by atoms with Crippen molar-refractivity contribution in [3.05, 3.63) is 22.8 Å². The fourth-order valence-electron chi connectivity index (χ4n) is 1.19. The maximum Gasteiger partial charge on any atom is 0.225 e. The van der Waals surface area contributed by atoms with Crippen molar-refractivity contribution in [2.75, 3.05) is 5.32 Å². The maximum absolute atomic E-state index is 11.4. The average molecular weight is 271 g/mol. The van der Waals surface area contributed by atoms with Gasteiger partial charge in [-0.15, -0.1) is 0 Å². The summed E-state index contributed by atoms with van der Waals surface area (Å²) in [5.74, 6) is 0.651. The summed E-state index contributed by atoms with van der Waals surface area (Å²) >= 11 is 3.29. The predicted octanol–water partition coefficient (Wildman–Crippen LogP) is 3.36. The molecule has 0 fully saturated rings. The first-order chi connectivity index (χ1) is 7.22. The lowest BCUT2D eigenvalue weighted by atomic mass is 10.2. The predicted molar refractivity (Wildman–Crippen MR) is 64.7 cm³/mol. The lowest BCUT2D eigenvalue weighted by Crippen LogP contribution is -2.11. The number of hydrogen-bond donors (Lipinski definition) is 1. The van der Waals surface area contributed by atoms with Crippen LogP contribution in [0.15, 0.2) is 22.8 Å². The van der Waals surface area contributed by atoms with Crippen LogP contribution in [-0.4, -0.2) is 10.9 Å². The number of aromatic nitrogens is 1. The minimum atomic E-state index is 0.0401. The Labute approximate surface area is 98.4 Å². The SMILES string of the molecule is CCCCCC(=O)Nc1ccc(Br)cn1. The fourth-order valence-corrected chi connectivity index (χ4v) is 1.43. The molecule has 0 aromatic carbocycles. The van der Waals surface area contributed by atoms with Crippen molar-refractivity contribution in [3.8, 4) is 0 Å². The standard InChI is InChI=1S/C11H15BrN2O/c1-2-3-4-5-11(15)14-10-7-6-9(12)8-13-10/h6-8H,2-5H2,1H3,(H,13,14,15). The molecule has 1 rings (SSSR count). The number of nitrogens with zero attached hydrogens (tertiary/aromatic N) is 1. The van der Waals surface area contributed by atoms with Crippen molar-refractivity contribution in [2.45, 2.75) is 32.6 Å². The molecule has 0 saturated heterocycles. The highest BCUT2D eigenvalue weighted by molar-refractivity contribution is 9.10. The second-order valence-electron chi connectivity index (χ2n) is 3.37. The van der Waals surface area contributed by atoms with Crippen LogP contribution < -0.4 is 5.32 Å². The molecular formula is C11H15BrN2O. The van der Waals surface area contributed by atoms with Crippen molar-refractivity contribution in [1.29, 1.82) is 0 Å². The molecular weight excluding hydrogens is 256 g/mol. The van der Waals surface area contributed by atoms with Crippen LogP contribution in [0.5, 0.6) is 0 Å². The molecule has 1 heterocycles. The molecule has 0 aliphatic rings. The van der Waals surface area contributed by atoms with E-state index in [0.717, 1.165) is 23.7 Å². The topological polar surface area (TPSA) is 42.0 Å². The van der Waals surface area contributed by atoms with E-state index in [9.17, 15) is 4.79 Å². The average Bonchev–Trinajstić information content (AvgIpc) is 2.22. The minimum Gasteiger partial charge on any atom is -0.311 e. The summed E-state index contributed by atoms with van der Waals surface area (Å²) in [5.41, 5.74) is 0. The zero-order valence-corrected chi connectivity index (χ0v) is 10.4. The molecule has 1 N–H and O–H groups in total. The lowest BCUT2D eigenvalue weighted by molar-refractivity contribution is -0.116. The number of nitrogens with one attached hydrogen (secondary N) is 1. The summed E-state index contributed by atoms with van der Waals surface area (Å²) < 4.78 is 0.909. The first-order valence-corrected chi connectivity index (χ1v) is 5.93. The number of anilines is 1. The largest absolute Gasteiger partial charge is 0.311 e. The molecule has 0 unspecified atom stereocenters. The van der Waals surface area contributed by atoms with Gasteiger partial charge in [0.05, 0.1) is 0 Å². The van der Waals surface area contributed by atoms with Crippen LogP contribution in [0.4, 0.5) is 5.82 Å². The number of rotatable bonds is 5. The van der Waals surface area contributed by atoms with Crippen LogP contribution in [0, 0.1) is 0 Å². The third kappa shape index (κ3) is 4.93. The molecule has 0 aliphatic heterocycles. The number of hydrogen-bond acceptors (Lipinski definition) is 2. The number of pyridine rings is 1. The molecule has 0 spiro atoms. The zero-order valence-electron chi connectivity index (χ0n) is 8.79. The molecule has 1 aromatic heterocycles. The highest BCUT2D eigenvalue weighted by atomic mass is 79.9. The van der Waals surface area contributed by atoms with Gasteiger partial charge >= 0.3 is 0 Å². The highest BCUT2D eigenvalue weighted by Crippen LogP contribution is 2.11. The van der Waals surface area contributed by atoms with Gasteiger partial charge in [-0.2, -0.15) is 0 Å². The van der Waals surface area contributed by atoms with Crippen molar-refractivity contribution in [2.24, 2.45) is 0 Å². The van der Waals surface area contributed by atoms with Crippen LogP contribution in [0.25, 0.3) is 0 Å². The number of carbonyl (C=O) groups is 1. The molecule has 4 heteroatoms. The van der Waals surface area contributed by atoms with Crippen molar-refractivity contribution in [3.63, 3.8) is 0 Å². The van der Waals surface area contributed by atoms with Gasteiger partial charge in [-0.25, -0.2) is 4.98 Å². The van der Waals surface area contributed by atoms with Gasteiger partial charge in [-0.05, 0) is 34.5 Å². The van der Waals surface area contributed by atoms with E-state index in [4.69, 9.17) is 0 Å². The van der Waals surface area contributed by atoms with Crippen molar-refractivity contribution in [1.82, 2.24) is 4.98 Å². The monoisotopic (exact) mass is 270 g/mol. The Morgan fingerprint density at radius 3 is 2.87 bits per heavy atom. The Kier molecular flexibility index (Phi) is 5.32. The van der Waals surface area contributed by atoms with Gasteiger partial charge in [0.2, 0.25) is 5.91 Å². The van der Waals surface area contributed by atoms with Gasteiger partial charge in [0.25, 0.3) is 0 Å². The first kappa shape index (κ1) is 12.2. The summed E-state index contributed by atoms with van der Waals surface area (Å²) in [6.45, 7) is 2.12. The normalized spacial score (nSPS) is 10.0. The van der Waals surface area contributed by atoms with Gasteiger partial charge in [0, 0.05) is 17.1 Å². The molecule has 15 heavy (non-hydrogen) atoms. The van der Waals surface area contributed by atoms with Crippen LogP contribution in [0.2, 0.25) is 0 Å². The molecule has 0 radical (unpaired) electrons. The van der Waals surface area contributed by atoms with E-state index in [1.165, 1.54) is 0 Å². The lowest BCUT2D eigenvalue weighted by Gasteiger charge is -2.03. The number of carbonyl (C=O) groups excluding carboxylic acids is 1. The van der Waals surface area contributed by atoms with Gasteiger partial charge in [-0.1, -0.05) is 19.8 Å². The van der Waals surface area contributed by atoms with E-state index in [2.05, 4.69) is 33.2 Å². The summed E-state index contributed by atoms with van der Waals surface area (Å²) in [7, 11) is 0. The molecule has 0 bridgehead atoms. The van der Waals surface area contributed by atoms with Crippen LogP contribution >= 0.6 is 15.9 Å². The third-order valence-corrected chi connectivity index (χ3v) is 2.47. The minimum absolute atomic E-state index is 0.0401. The van der Waals surface area contributed by atoms with E-state index in [1.54, 1.807) is 12.3 Å². The van der Waals surface area contributed by atoms with Crippen molar-refractivity contribution < 1.29 is 4.79 Å². The Morgan fingerprint density at radius 2 is 2.27 bits per heavy atom. The number of halogens is 1. The first-order valence-electron chi connectivity index (χ1n) is 5.13. The Hall–Kier alpha value is -0.900. The maximum atomic E-state index is 11.4. The smallest absolute Gasteiger partial charge is 0.225 e. The highest BCUT2D eigenvalue weighted by Gasteiger charge is 2.02. The number of unbranched alkanes of at least 4 members (excludes halogenated alkanes) is 2. The summed E-state index contributed by atoms with van der Waals surface area (Å²) in [4.78, 5) is 15.5. The molecule has 1 aromatic rings. The van der Waals surface area contributed by atoms with E-state index in [-0.39, 0.29) is 5.91 Å². The van der Waals surface area contributed by atoms with E-state index in [0.29, 0.717) is 12.2 Å². The van der Waals surface area contributed by atoms with Crippen molar-refractivity contribution >= 4 is 27.7 Å². The molecule has 82 valence electrons. The second kappa shape index (κ2) is 6.56. The Bertz CT molecular complexity index is 311. The number of amides is 1. The van der Waals surface area contributed by atoms with Crippen LogP contribution in [0.3, 0.4) is 0 Å². The van der Waals surface area contributed by atoms with Gasteiger partial charge in [0.1, 0.15) is 5.82 Å². The molecule has 0 atom stereocenters. The quantitative estimate of drug-likeness (QED) is 0.834. The summed E-state index contributed by atoms with van der Waals surface area (Å²) in [6.07, 6.45) is 5.41. The molecule has 0 saturated carbocycles. The van der Waals surface area contributed by atoms with E-state index < -0.39 is 0 Å². The van der Waals surface area contributed by atoms with Gasteiger partial charge in [-0.3, -0.25) is 4.79 Å². The van der Waals surface area contributed by atoms with E-state index >= 15 is 0 Å². The van der Waals surface area contributed by atoms with Crippen LogP contribution in [0.1, 0.15) is 32.6 Å². The van der Waals surface area contributed by atoms with Gasteiger partial charge in [0.15, 0.2) is 0 Å².